The molecule has 0 spiro atoms. The monoisotopic (exact) mass is 541 g/mol. The van der Waals surface area contributed by atoms with Gasteiger partial charge in [-0.3, -0.25) is 4.99 Å². The molecule has 1 atom stereocenters. The fraction of sp³-hybridized carbons (Fsp3) is 0.565. The van der Waals surface area contributed by atoms with Crippen molar-refractivity contribution in [2.45, 2.75) is 45.6 Å². The normalized spacial score (nSPS) is 16.4. The first-order chi connectivity index (χ1) is 14.7. The summed E-state index contributed by atoms with van der Waals surface area (Å²) in [6, 6.07) is 10.3. The first-order valence-electron chi connectivity index (χ1n) is 11.0. The van der Waals surface area contributed by atoms with E-state index >= 15 is 0 Å². The van der Waals surface area contributed by atoms with E-state index in [0.717, 1.165) is 62.1 Å². The van der Waals surface area contributed by atoms with Crippen LogP contribution >= 0.6 is 24.0 Å². The van der Waals surface area contributed by atoms with Gasteiger partial charge in [0.25, 0.3) is 0 Å². The highest BCUT2D eigenvalue weighted by atomic mass is 127. The molecule has 0 saturated carbocycles. The Morgan fingerprint density at radius 2 is 2.10 bits per heavy atom. The van der Waals surface area contributed by atoms with Crippen LogP contribution in [0, 0.1) is 5.92 Å². The van der Waals surface area contributed by atoms with Crippen molar-refractivity contribution < 1.29 is 9.26 Å². The number of hydrogen-bond donors (Lipinski definition) is 2. The number of methoxy groups -OCH3 is 1. The van der Waals surface area contributed by atoms with Gasteiger partial charge in [0, 0.05) is 50.4 Å². The molecule has 0 bridgehead atoms. The number of guanidine groups is 1. The number of halogens is 1. The van der Waals surface area contributed by atoms with E-state index in [1.54, 1.807) is 14.2 Å². The maximum atomic E-state index is 5.49. The van der Waals surface area contributed by atoms with E-state index in [1.807, 2.05) is 12.1 Å². The number of aliphatic imine (C=N–C) groups is 1. The molecule has 2 N–H and O–H groups in total. The highest BCUT2D eigenvalue weighted by Crippen LogP contribution is 2.26. The molecule has 2 heterocycles. The third kappa shape index (κ3) is 7.02. The van der Waals surface area contributed by atoms with E-state index in [4.69, 9.17) is 9.26 Å². The summed E-state index contributed by atoms with van der Waals surface area (Å²) in [7, 11) is 3.50. The Morgan fingerprint density at radius 3 is 2.81 bits per heavy atom. The molecular weight excluding hydrogens is 505 g/mol. The fourth-order valence-electron chi connectivity index (χ4n) is 3.99. The molecule has 2 aromatic rings. The highest BCUT2D eigenvalue weighted by Gasteiger charge is 2.23. The van der Waals surface area contributed by atoms with Gasteiger partial charge < -0.3 is 24.8 Å². The SMILES string of the molecule is CCC(CC)c1cc(CNC(=NC)NCC2CCN(c3cccc(OC)c3)C2)on1.I. The second kappa shape index (κ2) is 12.8. The lowest BCUT2D eigenvalue weighted by Crippen LogP contribution is -2.39. The molecule has 3 rings (SSSR count). The summed E-state index contributed by atoms with van der Waals surface area (Å²) in [5.41, 5.74) is 2.27. The molecule has 1 aliphatic rings. The zero-order valence-electron chi connectivity index (χ0n) is 19.1. The first kappa shape index (κ1) is 25.3. The summed E-state index contributed by atoms with van der Waals surface area (Å²) in [4.78, 5) is 6.76. The predicted molar refractivity (Wildman–Crippen MR) is 137 cm³/mol. The zero-order chi connectivity index (χ0) is 21.3. The standard InChI is InChI=1S/C23H35N5O2.HI/c1-5-18(6-2)22-13-21(30-27-22)15-26-23(24-3)25-14-17-10-11-28(16-17)19-8-7-9-20(12-19)29-4;/h7-9,12-13,17-18H,5-6,10-11,14-16H2,1-4H3,(H2,24,25,26);1H. The fourth-order valence-corrected chi connectivity index (χ4v) is 3.99. The van der Waals surface area contributed by atoms with Gasteiger partial charge in [-0.15, -0.1) is 24.0 Å². The number of rotatable bonds is 9. The van der Waals surface area contributed by atoms with Gasteiger partial charge in [0.05, 0.1) is 19.3 Å². The van der Waals surface area contributed by atoms with Crippen molar-refractivity contribution in [1.29, 1.82) is 0 Å². The average Bonchev–Trinajstić information content (AvgIpc) is 3.45. The summed E-state index contributed by atoms with van der Waals surface area (Å²) >= 11 is 0. The van der Waals surface area contributed by atoms with Crippen LogP contribution in [0.3, 0.4) is 0 Å². The van der Waals surface area contributed by atoms with Crippen molar-refractivity contribution in [3.8, 4) is 5.75 Å². The Kier molecular flexibility index (Phi) is 10.4. The Morgan fingerprint density at radius 1 is 1.29 bits per heavy atom. The van der Waals surface area contributed by atoms with Crippen molar-refractivity contribution in [3.63, 3.8) is 0 Å². The molecular formula is C23H36IN5O2. The van der Waals surface area contributed by atoms with E-state index in [2.05, 4.69) is 57.7 Å². The van der Waals surface area contributed by atoms with Crippen LogP contribution in [0.15, 0.2) is 39.8 Å². The number of anilines is 1. The molecule has 1 aliphatic heterocycles. The minimum Gasteiger partial charge on any atom is -0.497 e. The maximum absolute atomic E-state index is 5.49. The lowest BCUT2D eigenvalue weighted by Gasteiger charge is -2.20. The van der Waals surface area contributed by atoms with Gasteiger partial charge in [-0.1, -0.05) is 25.1 Å². The summed E-state index contributed by atoms with van der Waals surface area (Å²) in [5, 5.41) is 11.0. The molecule has 1 saturated heterocycles. The molecule has 172 valence electrons. The van der Waals surface area contributed by atoms with Gasteiger partial charge in [-0.05, 0) is 37.3 Å². The molecule has 0 radical (unpaired) electrons. The number of nitrogens with zero attached hydrogens (tertiary/aromatic N) is 3. The summed E-state index contributed by atoms with van der Waals surface area (Å²) in [5.74, 6) is 3.56. The predicted octanol–water partition coefficient (Wildman–Crippen LogP) is 4.40. The quantitative estimate of drug-likeness (QED) is 0.279. The Balaban J connectivity index is 0.00000341. The third-order valence-corrected chi connectivity index (χ3v) is 5.90. The number of aromatic nitrogens is 1. The average molecular weight is 541 g/mol. The van der Waals surface area contributed by atoms with Crippen molar-refractivity contribution in [1.82, 2.24) is 15.8 Å². The van der Waals surface area contributed by atoms with Crippen LogP contribution in [-0.2, 0) is 6.54 Å². The van der Waals surface area contributed by atoms with E-state index in [0.29, 0.717) is 18.4 Å². The van der Waals surface area contributed by atoms with Crippen LogP contribution in [0.25, 0.3) is 0 Å². The lowest BCUT2D eigenvalue weighted by molar-refractivity contribution is 0.368. The Bertz CT molecular complexity index is 822. The molecule has 1 fully saturated rings. The van der Waals surface area contributed by atoms with Gasteiger partial charge in [0.1, 0.15) is 5.75 Å². The number of ether oxygens (including phenoxy) is 1. The van der Waals surface area contributed by atoms with Crippen molar-refractivity contribution in [3.05, 3.63) is 41.8 Å². The molecule has 0 amide bonds. The number of nitrogens with one attached hydrogen (secondary N) is 2. The zero-order valence-corrected chi connectivity index (χ0v) is 21.4. The first-order valence-corrected chi connectivity index (χ1v) is 11.0. The minimum absolute atomic E-state index is 0. The molecule has 8 heteroatoms. The van der Waals surface area contributed by atoms with E-state index in [1.165, 1.54) is 5.69 Å². The van der Waals surface area contributed by atoms with Gasteiger partial charge >= 0.3 is 0 Å². The molecule has 1 aromatic carbocycles. The van der Waals surface area contributed by atoms with Gasteiger partial charge in [0.15, 0.2) is 11.7 Å². The lowest BCUT2D eigenvalue weighted by atomic mass is 9.99. The number of benzene rings is 1. The Labute approximate surface area is 203 Å². The van der Waals surface area contributed by atoms with Crippen LogP contribution in [0.1, 0.15) is 50.5 Å². The number of hydrogen-bond acceptors (Lipinski definition) is 5. The van der Waals surface area contributed by atoms with Crippen LogP contribution in [0.4, 0.5) is 5.69 Å². The molecule has 7 nitrogen and oxygen atoms in total. The van der Waals surface area contributed by atoms with E-state index < -0.39 is 0 Å². The van der Waals surface area contributed by atoms with Gasteiger partial charge in [0.2, 0.25) is 0 Å². The molecule has 31 heavy (non-hydrogen) atoms. The van der Waals surface area contributed by atoms with Crippen LogP contribution in [0.2, 0.25) is 0 Å². The van der Waals surface area contributed by atoms with Crippen LogP contribution in [0.5, 0.6) is 5.75 Å². The summed E-state index contributed by atoms with van der Waals surface area (Å²) < 4.78 is 10.8. The smallest absolute Gasteiger partial charge is 0.191 e. The van der Waals surface area contributed by atoms with E-state index in [9.17, 15) is 0 Å². The van der Waals surface area contributed by atoms with Crippen molar-refractivity contribution in [2.75, 3.05) is 38.7 Å². The molecule has 1 aromatic heterocycles. The van der Waals surface area contributed by atoms with Gasteiger partial charge in [-0.2, -0.15) is 0 Å². The van der Waals surface area contributed by atoms with Crippen LogP contribution < -0.4 is 20.3 Å². The van der Waals surface area contributed by atoms with E-state index in [-0.39, 0.29) is 24.0 Å². The van der Waals surface area contributed by atoms with Crippen LogP contribution in [-0.4, -0.2) is 44.9 Å². The van der Waals surface area contributed by atoms with Gasteiger partial charge in [-0.25, -0.2) is 0 Å². The second-order valence-corrected chi connectivity index (χ2v) is 7.84. The summed E-state index contributed by atoms with van der Waals surface area (Å²) in [6.07, 6.45) is 3.31. The largest absolute Gasteiger partial charge is 0.497 e. The highest BCUT2D eigenvalue weighted by molar-refractivity contribution is 14.0. The second-order valence-electron chi connectivity index (χ2n) is 7.84. The van der Waals surface area contributed by atoms with Crippen molar-refractivity contribution >= 4 is 35.6 Å². The third-order valence-electron chi connectivity index (χ3n) is 5.90. The molecule has 0 aliphatic carbocycles. The maximum Gasteiger partial charge on any atom is 0.191 e. The summed E-state index contributed by atoms with van der Waals surface area (Å²) in [6.45, 7) is 7.92. The van der Waals surface area contributed by atoms with Crippen molar-refractivity contribution in [2.24, 2.45) is 10.9 Å². The Hall–Kier alpha value is -1.97. The minimum atomic E-state index is 0. The topological polar surface area (TPSA) is 74.9 Å². The molecule has 1 unspecified atom stereocenters.